The Morgan fingerprint density at radius 3 is 2.16 bits per heavy atom. The number of aromatic nitrogens is 1. The lowest BCUT2D eigenvalue weighted by molar-refractivity contribution is -0.276. The van der Waals surface area contributed by atoms with E-state index < -0.39 is 41.8 Å². The summed E-state index contributed by atoms with van der Waals surface area (Å²) in [5, 5.41) is 0. The van der Waals surface area contributed by atoms with Crippen LogP contribution >= 0.6 is 0 Å². The standard InChI is InChI=1S/C9H8F6N2O2/c1-18-5-3-17-4(2-16)6(8(10,11)12)7(5)19-9(13,14)15/h3H,2,16H2,1H3. The van der Waals surface area contributed by atoms with Crippen molar-refractivity contribution >= 4 is 0 Å². The Morgan fingerprint density at radius 2 is 1.79 bits per heavy atom. The van der Waals surface area contributed by atoms with Crippen LogP contribution in [0.4, 0.5) is 26.3 Å². The molecule has 19 heavy (non-hydrogen) atoms. The molecule has 0 fully saturated rings. The third-order valence-corrected chi connectivity index (χ3v) is 1.99. The summed E-state index contributed by atoms with van der Waals surface area (Å²) < 4.78 is 82.6. The summed E-state index contributed by atoms with van der Waals surface area (Å²) in [6.45, 7) is -0.701. The first-order valence-electron chi connectivity index (χ1n) is 4.69. The Bertz CT molecular complexity index is 457. The van der Waals surface area contributed by atoms with E-state index in [1.54, 1.807) is 0 Å². The Balaban J connectivity index is 3.53. The highest BCUT2D eigenvalue weighted by atomic mass is 19.4. The van der Waals surface area contributed by atoms with E-state index in [1.165, 1.54) is 0 Å². The molecule has 0 bridgehead atoms. The molecule has 0 spiro atoms. The molecular weight excluding hydrogens is 282 g/mol. The highest BCUT2D eigenvalue weighted by Crippen LogP contribution is 2.44. The van der Waals surface area contributed by atoms with Gasteiger partial charge in [-0.1, -0.05) is 0 Å². The van der Waals surface area contributed by atoms with Gasteiger partial charge in [-0.3, -0.25) is 4.98 Å². The summed E-state index contributed by atoms with van der Waals surface area (Å²) >= 11 is 0. The Kier molecular flexibility index (Phi) is 4.13. The van der Waals surface area contributed by atoms with E-state index in [2.05, 4.69) is 14.5 Å². The zero-order valence-corrected chi connectivity index (χ0v) is 9.39. The lowest BCUT2D eigenvalue weighted by Gasteiger charge is -2.19. The Labute approximate surface area is 103 Å². The fraction of sp³-hybridized carbons (Fsp3) is 0.444. The number of nitrogens with zero attached hydrogens (tertiary/aromatic N) is 1. The van der Waals surface area contributed by atoms with Gasteiger partial charge in [0.1, 0.15) is 5.56 Å². The maximum absolute atomic E-state index is 12.8. The number of pyridine rings is 1. The minimum absolute atomic E-state index is 0.679. The van der Waals surface area contributed by atoms with Crippen LogP contribution in [0.1, 0.15) is 11.3 Å². The molecule has 2 N–H and O–H groups in total. The minimum atomic E-state index is -5.31. The van der Waals surface area contributed by atoms with E-state index in [-0.39, 0.29) is 0 Å². The molecule has 0 atom stereocenters. The van der Waals surface area contributed by atoms with Gasteiger partial charge in [-0.2, -0.15) is 13.2 Å². The molecule has 1 heterocycles. The summed E-state index contributed by atoms with van der Waals surface area (Å²) in [5.74, 6) is -2.29. The van der Waals surface area contributed by atoms with Gasteiger partial charge < -0.3 is 15.2 Å². The van der Waals surface area contributed by atoms with Crippen molar-refractivity contribution in [1.82, 2.24) is 4.98 Å². The predicted molar refractivity (Wildman–Crippen MR) is 50.4 cm³/mol. The summed E-state index contributed by atoms with van der Waals surface area (Å²) in [6.07, 6.45) is -9.74. The molecule has 0 amide bonds. The zero-order valence-electron chi connectivity index (χ0n) is 9.39. The van der Waals surface area contributed by atoms with Crippen molar-refractivity contribution in [1.29, 1.82) is 0 Å². The quantitative estimate of drug-likeness (QED) is 0.869. The fourth-order valence-electron chi connectivity index (χ4n) is 1.32. The van der Waals surface area contributed by atoms with Crippen LogP contribution in [0.5, 0.6) is 11.5 Å². The largest absolute Gasteiger partial charge is 0.573 e. The lowest BCUT2D eigenvalue weighted by Crippen LogP contribution is -2.23. The monoisotopic (exact) mass is 290 g/mol. The Morgan fingerprint density at radius 1 is 1.21 bits per heavy atom. The van der Waals surface area contributed by atoms with Gasteiger partial charge in [-0.05, 0) is 0 Å². The number of ether oxygens (including phenoxy) is 2. The second kappa shape index (κ2) is 5.11. The number of alkyl halides is 6. The summed E-state index contributed by atoms with van der Waals surface area (Å²) in [6, 6.07) is 0. The van der Waals surface area contributed by atoms with E-state index in [0.717, 1.165) is 7.11 Å². The normalized spacial score (nSPS) is 12.4. The number of hydrogen-bond acceptors (Lipinski definition) is 4. The first-order chi connectivity index (χ1) is 8.60. The van der Waals surface area contributed by atoms with E-state index in [9.17, 15) is 26.3 Å². The van der Waals surface area contributed by atoms with Gasteiger partial charge in [-0.25, -0.2) is 0 Å². The maximum Gasteiger partial charge on any atom is 0.573 e. The first kappa shape index (κ1) is 15.3. The second-order valence-electron chi connectivity index (χ2n) is 3.23. The smallest absolute Gasteiger partial charge is 0.491 e. The Hall–Kier alpha value is -1.71. The van der Waals surface area contributed by atoms with Crippen molar-refractivity contribution in [3.8, 4) is 11.5 Å². The molecule has 1 rings (SSSR count). The van der Waals surface area contributed by atoms with Crippen molar-refractivity contribution in [2.24, 2.45) is 5.73 Å². The third-order valence-electron chi connectivity index (χ3n) is 1.99. The third kappa shape index (κ3) is 3.63. The number of hydrogen-bond donors (Lipinski definition) is 1. The van der Waals surface area contributed by atoms with Gasteiger partial charge in [0, 0.05) is 6.54 Å². The van der Waals surface area contributed by atoms with Crippen LogP contribution in [-0.2, 0) is 12.7 Å². The number of nitrogens with two attached hydrogens (primary N) is 1. The average Bonchev–Trinajstić information content (AvgIpc) is 2.24. The highest BCUT2D eigenvalue weighted by molar-refractivity contribution is 5.49. The maximum atomic E-state index is 12.8. The van der Waals surface area contributed by atoms with E-state index >= 15 is 0 Å². The first-order valence-corrected chi connectivity index (χ1v) is 4.69. The zero-order chi connectivity index (χ0) is 14.8. The van der Waals surface area contributed by atoms with Gasteiger partial charge in [0.05, 0.1) is 19.0 Å². The number of methoxy groups -OCH3 is 1. The van der Waals surface area contributed by atoms with Crippen LogP contribution in [0.3, 0.4) is 0 Å². The number of halogens is 6. The molecule has 10 heteroatoms. The molecule has 108 valence electrons. The predicted octanol–water partition coefficient (Wildman–Crippen LogP) is 2.47. The van der Waals surface area contributed by atoms with Gasteiger partial charge in [0.15, 0.2) is 11.5 Å². The van der Waals surface area contributed by atoms with Crippen molar-refractivity contribution < 1.29 is 35.8 Å². The van der Waals surface area contributed by atoms with Gasteiger partial charge in [0.25, 0.3) is 0 Å². The van der Waals surface area contributed by atoms with Gasteiger partial charge in [-0.15, -0.1) is 13.2 Å². The fourth-order valence-corrected chi connectivity index (χ4v) is 1.32. The summed E-state index contributed by atoms with van der Waals surface area (Å²) in [7, 11) is 0.891. The molecule has 0 saturated carbocycles. The molecule has 0 unspecified atom stereocenters. The molecule has 1 aromatic rings. The van der Waals surface area contributed by atoms with Gasteiger partial charge in [0.2, 0.25) is 0 Å². The molecular formula is C9H8F6N2O2. The van der Waals surface area contributed by atoms with Crippen LogP contribution in [0.2, 0.25) is 0 Å². The van der Waals surface area contributed by atoms with Crippen LogP contribution in [0.25, 0.3) is 0 Å². The molecule has 1 aromatic heterocycles. The summed E-state index contributed by atoms with van der Waals surface area (Å²) in [5.41, 5.74) is 2.56. The molecule has 0 aliphatic heterocycles. The average molecular weight is 290 g/mol. The van der Waals surface area contributed by atoms with Gasteiger partial charge >= 0.3 is 12.5 Å². The SMILES string of the molecule is COc1cnc(CN)c(C(F)(F)F)c1OC(F)(F)F. The highest BCUT2D eigenvalue weighted by Gasteiger charge is 2.43. The second-order valence-corrected chi connectivity index (χ2v) is 3.23. The molecule has 4 nitrogen and oxygen atoms in total. The van der Waals surface area contributed by atoms with Crippen LogP contribution in [0.15, 0.2) is 6.20 Å². The van der Waals surface area contributed by atoms with Crippen LogP contribution in [0, 0.1) is 0 Å². The summed E-state index contributed by atoms with van der Waals surface area (Å²) in [4.78, 5) is 3.31. The van der Waals surface area contributed by atoms with E-state index in [0.29, 0.717) is 6.20 Å². The molecule has 0 aliphatic carbocycles. The van der Waals surface area contributed by atoms with Crippen molar-refractivity contribution in [3.05, 3.63) is 17.5 Å². The van der Waals surface area contributed by atoms with Crippen LogP contribution < -0.4 is 15.2 Å². The van der Waals surface area contributed by atoms with Crippen molar-refractivity contribution in [2.75, 3.05) is 7.11 Å². The van der Waals surface area contributed by atoms with Crippen LogP contribution in [-0.4, -0.2) is 18.5 Å². The molecule has 0 saturated heterocycles. The topological polar surface area (TPSA) is 57.4 Å². The minimum Gasteiger partial charge on any atom is -0.491 e. The molecule has 0 aliphatic rings. The molecule has 0 radical (unpaired) electrons. The van der Waals surface area contributed by atoms with E-state index in [4.69, 9.17) is 5.73 Å². The lowest BCUT2D eigenvalue weighted by atomic mass is 10.1. The van der Waals surface area contributed by atoms with Crippen molar-refractivity contribution in [2.45, 2.75) is 19.1 Å². The van der Waals surface area contributed by atoms with Crippen molar-refractivity contribution in [3.63, 3.8) is 0 Å². The number of rotatable bonds is 3. The van der Waals surface area contributed by atoms with E-state index in [1.807, 2.05) is 0 Å². The molecule has 0 aromatic carbocycles.